The summed E-state index contributed by atoms with van der Waals surface area (Å²) in [5.74, 6) is 0.336. The predicted octanol–water partition coefficient (Wildman–Crippen LogP) is 1.63. The molecule has 0 aromatic rings. The second-order valence-electron chi connectivity index (χ2n) is 4.77. The minimum atomic E-state index is -0.644. The largest absolute Gasteiger partial charge is 0.481 e. The van der Waals surface area contributed by atoms with E-state index in [1.807, 2.05) is 0 Å². The van der Waals surface area contributed by atoms with E-state index in [4.69, 9.17) is 5.11 Å². The van der Waals surface area contributed by atoms with Gasteiger partial charge in [0.1, 0.15) is 0 Å². The Kier molecular flexibility index (Phi) is 2.77. The maximum atomic E-state index is 10.7. The van der Waals surface area contributed by atoms with Crippen molar-refractivity contribution in [1.82, 2.24) is 5.32 Å². The van der Waals surface area contributed by atoms with Crippen molar-refractivity contribution in [2.45, 2.75) is 51.1 Å². The molecule has 4 atom stereocenters. The van der Waals surface area contributed by atoms with Crippen molar-refractivity contribution in [2.24, 2.45) is 11.8 Å². The second kappa shape index (κ2) is 3.89. The molecular formula is C11H19NO2. The van der Waals surface area contributed by atoms with Crippen molar-refractivity contribution < 1.29 is 9.90 Å². The van der Waals surface area contributed by atoms with Gasteiger partial charge < -0.3 is 10.4 Å². The SMILES string of the molecule is CC1NC2CCCCC2C1CC(=O)O. The third-order valence-corrected chi connectivity index (χ3v) is 3.90. The predicted molar refractivity (Wildman–Crippen MR) is 54.1 cm³/mol. The summed E-state index contributed by atoms with van der Waals surface area (Å²) in [6, 6.07) is 0.988. The van der Waals surface area contributed by atoms with Crippen molar-refractivity contribution in [3.8, 4) is 0 Å². The van der Waals surface area contributed by atoms with Crippen LogP contribution in [-0.2, 0) is 4.79 Å². The van der Waals surface area contributed by atoms with E-state index in [1.165, 1.54) is 25.7 Å². The summed E-state index contributed by atoms with van der Waals surface area (Å²) in [6.07, 6.45) is 5.40. The summed E-state index contributed by atoms with van der Waals surface area (Å²) in [5.41, 5.74) is 0. The Bertz CT molecular complexity index is 229. The number of aliphatic carboxylic acids is 1. The van der Waals surface area contributed by atoms with Gasteiger partial charge in [-0.3, -0.25) is 4.79 Å². The smallest absolute Gasteiger partial charge is 0.303 e. The molecule has 2 rings (SSSR count). The van der Waals surface area contributed by atoms with Crippen LogP contribution in [-0.4, -0.2) is 23.2 Å². The average Bonchev–Trinajstić information content (AvgIpc) is 2.43. The second-order valence-corrected chi connectivity index (χ2v) is 4.77. The highest BCUT2D eigenvalue weighted by Gasteiger charge is 2.42. The Balaban J connectivity index is 2.03. The molecule has 0 amide bonds. The summed E-state index contributed by atoms with van der Waals surface area (Å²) < 4.78 is 0. The Labute approximate surface area is 84.9 Å². The molecule has 1 saturated heterocycles. The molecule has 1 aliphatic heterocycles. The number of carboxylic acid groups (broad SMARTS) is 1. The molecule has 2 aliphatic rings. The van der Waals surface area contributed by atoms with E-state index >= 15 is 0 Å². The average molecular weight is 197 g/mol. The van der Waals surface area contributed by atoms with Gasteiger partial charge in [0, 0.05) is 18.5 Å². The van der Waals surface area contributed by atoms with Crippen LogP contribution in [0.3, 0.4) is 0 Å². The molecular weight excluding hydrogens is 178 g/mol. The molecule has 14 heavy (non-hydrogen) atoms. The molecule has 1 aliphatic carbocycles. The summed E-state index contributed by atoms with van der Waals surface area (Å²) in [7, 11) is 0. The lowest BCUT2D eigenvalue weighted by Crippen LogP contribution is -2.31. The number of hydrogen-bond donors (Lipinski definition) is 2. The van der Waals surface area contributed by atoms with Crippen LogP contribution in [0, 0.1) is 11.8 Å². The zero-order valence-corrected chi connectivity index (χ0v) is 8.70. The third-order valence-electron chi connectivity index (χ3n) is 3.90. The van der Waals surface area contributed by atoms with Crippen molar-refractivity contribution in [3.63, 3.8) is 0 Å². The number of carboxylic acids is 1. The lowest BCUT2D eigenvalue weighted by molar-refractivity contribution is -0.138. The molecule has 3 heteroatoms. The number of hydrogen-bond acceptors (Lipinski definition) is 2. The molecule has 2 fully saturated rings. The summed E-state index contributed by atoms with van der Waals surface area (Å²) in [4.78, 5) is 10.7. The first-order valence-corrected chi connectivity index (χ1v) is 5.66. The van der Waals surface area contributed by atoms with Crippen LogP contribution in [0.4, 0.5) is 0 Å². The van der Waals surface area contributed by atoms with Crippen LogP contribution < -0.4 is 5.32 Å². The number of rotatable bonds is 2. The fourth-order valence-electron chi connectivity index (χ4n) is 3.24. The van der Waals surface area contributed by atoms with E-state index in [2.05, 4.69) is 12.2 Å². The molecule has 1 saturated carbocycles. The Morgan fingerprint density at radius 2 is 2.14 bits per heavy atom. The van der Waals surface area contributed by atoms with Gasteiger partial charge in [-0.15, -0.1) is 0 Å². The minimum Gasteiger partial charge on any atom is -0.481 e. The highest BCUT2D eigenvalue weighted by atomic mass is 16.4. The zero-order valence-electron chi connectivity index (χ0n) is 8.70. The zero-order chi connectivity index (χ0) is 10.1. The first-order valence-electron chi connectivity index (χ1n) is 5.66. The van der Waals surface area contributed by atoms with Gasteiger partial charge in [0.25, 0.3) is 0 Å². The molecule has 2 N–H and O–H groups in total. The Morgan fingerprint density at radius 1 is 1.43 bits per heavy atom. The third kappa shape index (κ3) is 1.78. The van der Waals surface area contributed by atoms with Crippen molar-refractivity contribution in [3.05, 3.63) is 0 Å². The molecule has 4 unspecified atom stereocenters. The highest BCUT2D eigenvalue weighted by Crippen LogP contribution is 2.39. The standard InChI is InChI=1S/C11H19NO2/c1-7-9(6-11(13)14)8-4-2-3-5-10(8)12-7/h7-10,12H,2-6H2,1H3,(H,13,14). The molecule has 0 aromatic heterocycles. The van der Waals surface area contributed by atoms with Gasteiger partial charge in [-0.2, -0.15) is 0 Å². The summed E-state index contributed by atoms with van der Waals surface area (Å²) in [5, 5.41) is 12.4. The van der Waals surface area contributed by atoms with Crippen molar-refractivity contribution in [2.75, 3.05) is 0 Å². The van der Waals surface area contributed by atoms with Crippen LogP contribution in [0.5, 0.6) is 0 Å². The molecule has 3 nitrogen and oxygen atoms in total. The van der Waals surface area contributed by atoms with Crippen LogP contribution in [0.1, 0.15) is 39.0 Å². The first kappa shape index (κ1) is 9.97. The Morgan fingerprint density at radius 3 is 2.86 bits per heavy atom. The molecule has 1 heterocycles. The van der Waals surface area contributed by atoms with E-state index in [9.17, 15) is 4.79 Å². The fourth-order valence-corrected chi connectivity index (χ4v) is 3.24. The summed E-state index contributed by atoms with van der Waals surface area (Å²) >= 11 is 0. The first-order chi connectivity index (χ1) is 6.68. The quantitative estimate of drug-likeness (QED) is 0.707. The molecule has 0 aromatic carbocycles. The lowest BCUT2D eigenvalue weighted by atomic mass is 9.77. The van der Waals surface area contributed by atoms with Crippen LogP contribution in [0.25, 0.3) is 0 Å². The van der Waals surface area contributed by atoms with Gasteiger partial charge in [0.2, 0.25) is 0 Å². The Hall–Kier alpha value is -0.570. The van der Waals surface area contributed by atoms with E-state index < -0.39 is 5.97 Å². The highest BCUT2D eigenvalue weighted by molar-refractivity contribution is 5.67. The minimum absolute atomic E-state index is 0.343. The van der Waals surface area contributed by atoms with Crippen molar-refractivity contribution >= 4 is 5.97 Å². The van der Waals surface area contributed by atoms with Crippen LogP contribution in [0.15, 0.2) is 0 Å². The van der Waals surface area contributed by atoms with Gasteiger partial charge in [-0.25, -0.2) is 0 Å². The van der Waals surface area contributed by atoms with Gasteiger partial charge in [0.05, 0.1) is 0 Å². The van der Waals surface area contributed by atoms with Crippen LogP contribution in [0.2, 0.25) is 0 Å². The maximum Gasteiger partial charge on any atom is 0.303 e. The van der Waals surface area contributed by atoms with Crippen LogP contribution >= 0.6 is 0 Å². The number of fused-ring (bicyclic) bond motifs is 1. The van der Waals surface area contributed by atoms with Crippen molar-refractivity contribution in [1.29, 1.82) is 0 Å². The van der Waals surface area contributed by atoms with Gasteiger partial charge >= 0.3 is 5.97 Å². The number of carbonyl (C=O) groups is 1. The molecule has 80 valence electrons. The van der Waals surface area contributed by atoms with Gasteiger partial charge in [-0.1, -0.05) is 12.8 Å². The van der Waals surface area contributed by atoms with Gasteiger partial charge in [-0.05, 0) is 31.6 Å². The van der Waals surface area contributed by atoms with E-state index in [-0.39, 0.29) is 0 Å². The summed E-state index contributed by atoms with van der Waals surface area (Å²) in [6.45, 7) is 2.13. The number of nitrogens with one attached hydrogen (secondary N) is 1. The normalized spacial score (nSPS) is 42.1. The molecule has 0 spiro atoms. The van der Waals surface area contributed by atoms with E-state index in [1.54, 1.807) is 0 Å². The van der Waals surface area contributed by atoms with E-state index in [0.29, 0.717) is 30.3 Å². The lowest BCUT2D eigenvalue weighted by Gasteiger charge is -2.27. The molecule has 0 bridgehead atoms. The monoisotopic (exact) mass is 197 g/mol. The fraction of sp³-hybridized carbons (Fsp3) is 0.909. The molecule has 0 radical (unpaired) electrons. The van der Waals surface area contributed by atoms with Gasteiger partial charge in [0.15, 0.2) is 0 Å². The maximum absolute atomic E-state index is 10.7. The van der Waals surface area contributed by atoms with E-state index in [0.717, 1.165) is 0 Å². The topological polar surface area (TPSA) is 49.3 Å².